The van der Waals surface area contributed by atoms with Gasteiger partial charge in [0.25, 0.3) is 0 Å². The Bertz CT molecular complexity index is 876. The highest BCUT2D eigenvalue weighted by Gasteiger charge is 2.34. The van der Waals surface area contributed by atoms with Gasteiger partial charge in [0.15, 0.2) is 5.11 Å². The summed E-state index contributed by atoms with van der Waals surface area (Å²) in [6.45, 7) is 0. The molecule has 2 rings (SSSR count). The lowest BCUT2D eigenvalue weighted by Gasteiger charge is -2.27. The van der Waals surface area contributed by atoms with Crippen LogP contribution in [-0.2, 0) is 4.79 Å². The summed E-state index contributed by atoms with van der Waals surface area (Å²) >= 11 is 22.7. The van der Waals surface area contributed by atoms with E-state index in [1.54, 1.807) is 6.08 Å². The third kappa shape index (κ3) is 7.24. The maximum atomic E-state index is 13.7. The highest BCUT2D eigenvalue weighted by atomic mass is 35.6. The molecule has 0 radical (unpaired) electrons. The van der Waals surface area contributed by atoms with Gasteiger partial charge in [0, 0.05) is 12.1 Å². The van der Waals surface area contributed by atoms with Crippen LogP contribution in [0, 0.1) is 11.6 Å². The van der Waals surface area contributed by atoms with Gasteiger partial charge in [0.05, 0.1) is 5.69 Å². The van der Waals surface area contributed by atoms with Crippen LogP contribution in [0.2, 0.25) is 0 Å². The van der Waals surface area contributed by atoms with Crippen molar-refractivity contribution in [3.8, 4) is 0 Å². The molecule has 0 saturated heterocycles. The fourth-order valence-electron chi connectivity index (χ4n) is 2.01. The monoisotopic (exact) mass is 463 g/mol. The standard InChI is InChI=1S/C18H14Cl3F2N3OS/c19-18(20,21)16(25-15(27)9-6-11-4-2-1-3-5-11)26-17(28)24-14-8-7-12(22)10-13(14)23/h1-10,16H,(H,25,27)(H2,24,26,28)/b9-6+. The number of halogens is 5. The zero-order chi connectivity index (χ0) is 20.7. The molecule has 0 bridgehead atoms. The number of carbonyl (C=O) groups is 1. The van der Waals surface area contributed by atoms with Crippen molar-refractivity contribution in [2.75, 3.05) is 5.32 Å². The van der Waals surface area contributed by atoms with E-state index in [9.17, 15) is 13.6 Å². The summed E-state index contributed by atoms with van der Waals surface area (Å²) in [7, 11) is 0. The average molecular weight is 465 g/mol. The Morgan fingerprint density at radius 1 is 1.07 bits per heavy atom. The normalized spacial score (nSPS) is 12.5. The van der Waals surface area contributed by atoms with Crippen LogP contribution >= 0.6 is 47.0 Å². The molecule has 0 aliphatic heterocycles. The minimum absolute atomic E-state index is 0.0859. The maximum absolute atomic E-state index is 13.7. The van der Waals surface area contributed by atoms with Crippen LogP contribution in [-0.4, -0.2) is 21.0 Å². The maximum Gasteiger partial charge on any atom is 0.245 e. The molecule has 0 aliphatic carbocycles. The molecule has 0 heterocycles. The van der Waals surface area contributed by atoms with E-state index in [1.807, 2.05) is 30.3 Å². The lowest BCUT2D eigenvalue weighted by molar-refractivity contribution is -0.117. The molecule has 0 saturated carbocycles. The summed E-state index contributed by atoms with van der Waals surface area (Å²) in [5.41, 5.74) is 0.720. The lowest BCUT2D eigenvalue weighted by atomic mass is 10.2. The summed E-state index contributed by atoms with van der Waals surface area (Å²) in [4.78, 5) is 12.1. The minimum Gasteiger partial charge on any atom is -0.339 e. The van der Waals surface area contributed by atoms with E-state index in [2.05, 4.69) is 16.0 Å². The summed E-state index contributed by atoms with van der Waals surface area (Å²) in [6.07, 6.45) is 1.61. The van der Waals surface area contributed by atoms with Crippen LogP contribution in [0.1, 0.15) is 5.56 Å². The Morgan fingerprint density at radius 2 is 1.75 bits per heavy atom. The van der Waals surface area contributed by atoms with Gasteiger partial charge in [-0.25, -0.2) is 8.78 Å². The Kier molecular flexibility index (Phi) is 8.00. The van der Waals surface area contributed by atoms with Gasteiger partial charge < -0.3 is 16.0 Å². The highest BCUT2D eigenvalue weighted by molar-refractivity contribution is 7.80. The van der Waals surface area contributed by atoms with Crippen molar-refractivity contribution in [2.45, 2.75) is 9.96 Å². The molecular formula is C18H14Cl3F2N3OS. The lowest BCUT2D eigenvalue weighted by Crippen LogP contribution is -2.55. The number of carbonyl (C=O) groups excluding carboxylic acids is 1. The van der Waals surface area contributed by atoms with Crippen LogP contribution in [0.25, 0.3) is 6.08 Å². The fourth-order valence-corrected chi connectivity index (χ4v) is 2.56. The van der Waals surface area contributed by atoms with Gasteiger partial charge >= 0.3 is 0 Å². The van der Waals surface area contributed by atoms with Crippen molar-refractivity contribution in [1.82, 2.24) is 10.6 Å². The van der Waals surface area contributed by atoms with E-state index in [4.69, 9.17) is 47.0 Å². The second-order valence-corrected chi connectivity index (χ2v) is 8.23. The van der Waals surface area contributed by atoms with E-state index in [0.717, 1.165) is 17.7 Å². The molecular weight excluding hydrogens is 451 g/mol. The number of nitrogens with one attached hydrogen (secondary N) is 3. The van der Waals surface area contributed by atoms with Gasteiger partial charge in [0.2, 0.25) is 9.70 Å². The third-order valence-corrected chi connectivity index (χ3v) is 4.17. The van der Waals surface area contributed by atoms with Crippen molar-refractivity contribution in [3.05, 3.63) is 71.8 Å². The van der Waals surface area contributed by atoms with Crippen molar-refractivity contribution in [1.29, 1.82) is 0 Å². The van der Waals surface area contributed by atoms with E-state index in [-0.39, 0.29) is 10.8 Å². The first-order valence-electron chi connectivity index (χ1n) is 7.78. The van der Waals surface area contributed by atoms with E-state index in [1.165, 1.54) is 6.08 Å². The van der Waals surface area contributed by atoms with E-state index >= 15 is 0 Å². The predicted molar refractivity (Wildman–Crippen MR) is 113 cm³/mol. The van der Waals surface area contributed by atoms with Crippen LogP contribution in [0.15, 0.2) is 54.6 Å². The molecule has 148 valence electrons. The topological polar surface area (TPSA) is 53.2 Å². The quantitative estimate of drug-likeness (QED) is 0.258. The first-order valence-corrected chi connectivity index (χ1v) is 9.32. The van der Waals surface area contributed by atoms with Crippen LogP contribution in [0.5, 0.6) is 0 Å². The molecule has 28 heavy (non-hydrogen) atoms. The molecule has 10 heteroatoms. The first kappa shape index (κ1) is 22.4. The van der Waals surface area contributed by atoms with Gasteiger partial charge in [-0.15, -0.1) is 0 Å². The van der Waals surface area contributed by atoms with Crippen LogP contribution < -0.4 is 16.0 Å². The van der Waals surface area contributed by atoms with Crippen molar-refractivity contribution in [2.24, 2.45) is 0 Å². The highest BCUT2D eigenvalue weighted by Crippen LogP contribution is 2.29. The first-order chi connectivity index (χ1) is 13.1. The van der Waals surface area contributed by atoms with Crippen molar-refractivity contribution >= 4 is 69.8 Å². The fraction of sp³-hybridized carbons (Fsp3) is 0.111. The average Bonchev–Trinajstić information content (AvgIpc) is 2.62. The Morgan fingerprint density at radius 3 is 2.36 bits per heavy atom. The van der Waals surface area contributed by atoms with Gasteiger partial charge in [-0.3, -0.25) is 4.79 Å². The molecule has 1 amide bonds. The molecule has 0 spiro atoms. The second kappa shape index (κ2) is 10.0. The van der Waals surface area contributed by atoms with Crippen molar-refractivity contribution < 1.29 is 13.6 Å². The van der Waals surface area contributed by atoms with Gasteiger partial charge in [-0.2, -0.15) is 0 Å². The second-order valence-electron chi connectivity index (χ2n) is 5.45. The molecule has 1 atom stereocenters. The van der Waals surface area contributed by atoms with Gasteiger partial charge in [-0.05, 0) is 36.0 Å². The molecule has 2 aromatic rings. The number of amides is 1. The Labute approximate surface area is 180 Å². The number of rotatable bonds is 5. The number of thiocarbonyl (C=S) groups is 1. The molecule has 0 fully saturated rings. The number of alkyl halides is 3. The summed E-state index contributed by atoms with van der Waals surface area (Å²) in [6, 6.07) is 12.0. The van der Waals surface area contributed by atoms with Gasteiger partial charge in [-0.1, -0.05) is 65.1 Å². The minimum atomic E-state index is -1.97. The predicted octanol–water partition coefficient (Wildman–Crippen LogP) is 4.78. The zero-order valence-corrected chi connectivity index (χ0v) is 17.1. The molecule has 4 nitrogen and oxygen atoms in total. The number of anilines is 1. The molecule has 3 N–H and O–H groups in total. The molecule has 1 unspecified atom stereocenters. The van der Waals surface area contributed by atoms with Gasteiger partial charge in [0.1, 0.15) is 17.8 Å². The molecule has 2 aromatic carbocycles. The van der Waals surface area contributed by atoms with E-state index < -0.39 is 27.5 Å². The largest absolute Gasteiger partial charge is 0.339 e. The number of hydrogen-bond donors (Lipinski definition) is 3. The number of hydrogen-bond acceptors (Lipinski definition) is 2. The SMILES string of the molecule is O=C(/C=C/c1ccccc1)NC(NC(=S)Nc1ccc(F)cc1F)C(Cl)(Cl)Cl. The van der Waals surface area contributed by atoms with Crippen LogP contribution in [0.4, 0.5) is 14.5 Å². The Hall–Kier alpha value is -1.93. The summed E-state index contributed by atoms with van der Waals surface area (Å²) in [5.74, 6) is -2.15. The Balaban J connectivity index is 2.02. The zero-order valence-electron chi connectivity index (χ0n) is 14.1. The summed E-state index contributed by atoms with van der Waals surface area (Å²) < 4.78 is 24.7. The van der Waals surface area contributed by atoms with Crippen molar-refractivity contribution in [3.63, 3.8) is 0 Å². The molecule has 0 aromatic heterocycles. The summed E-state index contributed by atoms with van der Waals surface area (Å²) in [5, 5.41) is 7.39. The smallest absolute Gasteiger partial charge is 0.245 e. The molecule has 0 aliphatic rings. The van der Waals surface area contributed by atoms with Crippen LogP contribution in [0.3, 0.4) is 0 Å². The third-order valence-electron chi connectivity index (χ3n) is 3.30. The van der Waals surface area contributed by atoms with E-state index in [0.29, 0.717) is 6.07 Å². The number of benzene rings is 2.